The van der Waals surface area contributed by atoms with Crippen molar-refractivity contribution < 1.29 is 4.79 Å². The number of carbonyl (C=O) groups is 1. The van der Waals surface area contributed by atoms with Crippen LogP contribution in [0, 0.1) is 11.3 Å². The maximum atomic E-state index is 12.4. The Morgan fingerprint density at radius 2 is 2.42 bits per heavy atom. The van der Waals surface area contributed by atoms with Crippen LogP contribution in [0.2, 0.25) is 0 Å². The van der Waals surface area contributed by atoms with Gasteiger partial charge in [0.15, 0.2) is 0 Å². The van der Waals surface area contributed by atoms with Crippen LogP contribution in [-0.4, -0.2) is 33.7 Å². The van der Waals surface area contributed by atoms with Crippen molar-refractivity contribution >= 4 is 21.8 Å². The lowest BCUT2D eigenvalue weighted by Crippen LogP contribution is -2.36. The Labute approximate surface area is 121 Å². The van der Waals surface area contributed by atoms with Crippen molar-refractivity contribution in [3.05, 3.63) is 29.6 Å². The Kier molecular flexibility index (Phi) is 4.92. The molecule has 0 spiro atoms. The monoisotopic (exact) mass is 321 g/mol. The molecule has 0 aromatic carbocycles. The smallest absolute Gasteiger partial charge is 0.272 e. The Morgan fingerprint density at radius 1 is 1.58 bits per heavy atom. The average Bonchev–Trinajstić information content (AvgIpc) is 2.92. The van der Waals surface area contributed by atoms with E-state index in [0.717, 1.165) is 37.6 Å². The molecule has 1 amide bonds. The molecule has 1 unspecified atom stereocenters. The normalized spacial score (nSPS) is 18.3. The number of halogens is 1. The van der Waals surface area contributed by atoms with Gasteiger partial charge in [0.2, 0.25) is 0 Å². The van der Waals surface area contributed by atoms with Crippen molar-refractivity contribution in [3.63, 3.8) is 0 Å². The minimum absolute atomic E-state index is 0.0124. The van der Waals surface area contributed by atoms with Crippen molar-refractivity contribution in [2.75, 3.05) is 11.9 Å². The number of likely N-dealkylation sites (tertiary alicyclic amines) is 1. The maximum absolute atomic E-state index is 12.4. The van der Waals surface area contributed by atoms with E-state index >= 15 is 0 Å². The molecule has 1 aromatic heterocycles. The van der Waals surface area contributed by atoms with Gasteiger partial charge in [0, 0.05) is 24.1 Å². The molecule has 1 aliphatic rings. The second-order valence-corrected chi connectivity index (χ2v) is 5.46. The highest BCUT2D eigenvalue weighted by atomic mass is 79.9. The van der Waals surface area contributed by atoms with Crippen LogP contribution >= 0.6 is 15.9 Å². The molecule has 2 heterocycles. The van der Waals surface area contributed by atoms with Crippen LogP contribution in [0.5, 0.6) is 0 Å². The zero-order chi connectivity index (χ0) is 13.7. The molecule has 1 fully saturated rings. The zero-order valence-electron chi connectivity index (χ0n) is 10.7. The predicted molar refractivity (Wildman–Crippen MR) is 76.0 cm³/mol. The molecule has 4 nitrogen and oxygen atoms in total. The number of alkyl halides is 1. The van der Waals surface area contributed by atoms with E-state index in [1.54, 1.807) is 12.1 Å². The predicted octanol–water partition coefficient (Wildman–Crippen LogP) is 2.73. The molecule has 2 rings (SSSR count). The number of hydrogen-bond acceptors (Lipinski definition) is 3. The van der Waals surface area contributed by atoms with Gasteiger partial charge in [-0.05, 0) is 37.8 Å². The standard InChI is InChI=1S/C14H16BrN3O/c15-7-1-3-12-4-2-8-18(12)14(19)13-6-5-11(9-16)10-17-13/h5-6,10,12H,1-4,7-8H2. The quantitative estimate of drug-likeness (QED) is 0.801. The third-order valence-electron chi connectivity index (χ3n) is 3.42. The Morgan fingerprint density at radius 3 is 3.05 bits per heavy atom. The number of carbonyl (C=O) groups excluding carboxylic acids is 1. The van der Waals surface area contributed by atoms with Gasteiger partial charge in [-0.25, -0.2) is 4.98 Å². The summed E-state index contributed by atoms with van der Waals surface area (Å²) in [6, 6.07) is 5.62. The first kappa shape index (κ1) is 14.0. The number of nitrogens with zero attached hydrogens (tertiary/aromatic N) is 3. The molecule has 1 saturated heterocycles. The summed E-state index contributed by atoms with van der Waals surface area (Å²) in [6.07, 6.45) is 5.71. The number of hydrogen-bond donors (Lipinski definition) is 0. The van der Waals surface area contributed by atoms with Gasteiger partial charge in [-0.2, -0.15) is 5.26 Å². The Hall–Kier alpha value is -1.41. The van der Waals surface area contributed by atoms with E-state index in [2.05, 4.69) is 20.9 Å². The summed E-state index contributed by atoms with van der Waals surface area (Å²) in [5.74, 6) is -0.0124. The second kappa shape index (κ2) is 6.67. The first-order chi connectivity index (χ1) is 9.26. The lowest BCUT2D eigenvalue weighted by atomic mass is 10.1. The molecule has 19 heavy (non-hydrogen) atoms. The molecule has 0 radical (unpaired) electrons. The van der Waals surface area contributed by atoms with Gasteiger partial charge >= 0.3 is 0 Å². The van der Waals surface area contributed by atoms with Crippen molar-refractivity contribution in [2.24, 2.45) is 0 Å². The lowest BCUT2D eigenvalue weighted by Gasteiger charge is -2.24. The molecule has 0 bridgehead atoms. The Balaban J connectivity index is 2.07. The molecule has 0 saturated carbocycles. The summed E-state index contributed by atoms with van der Waals surface area (Å²) >= 11 is 3.43. The van der Waals surface area contributed by atoms with Crippen LogP contribution in [0.25, 0.3) is 0 Å². The minimum atomic E-state index is -0.0124. The fraction of sp³-hybridized carbons (Fsp3) is 0.500. The minimum Gasteiger partial charge on any atom is -0.334 e. The van der Waals surface area contributed by atoms with Gasteiger partial charge < -0.3 is 4.90 Å². The van der Waals surface area contributed by atoms with E-state index < -0.39 is 0 Å². The van der Waals surface area contributed by atoms with Crippen molar-refractivity contribution in [3.8, 4) is 6.07 Å². The Bertz CT molecular complexity index is 480. The SMILES string of the molecule is N#Cc1ccc(C(=O)N2CCCC2CCCBr)nc1. The fourth-order valence-corrected chi connectivity index (χ4v) is 2.77. The van der Waals surface area contributed by atoms with E-state index in [1.807, 2.05) is 11.0 Å². The average molecular weight is 322 g/mol. The highest BCUT2D eigenvalue weighted by molar-refractivity contribution is 9.09. The van der Waals surface area contributed by atoms with Crippen molar-refractivity contribution in [2.45, 2.75) is 31.7 Å². The summed E-state index contributed by atoms with van der Waals surface area (Å²) < 4.78 is 0. The van der Waals surface area contributed by atoms with E-state index in [-0.39, 0.29) is 5.91 Å². The summed E-state index contributed by atoms with van der Waals surface area (Å²) in [5, 5.41) is 9.70. The van der Waals surface area contributed by atoms with Crippen LogP contribution in [0.15, 0.2) is 18.3 Å². The molecule has 1 aliphatic heterocycles. The molecule has 1 atom stereocenters. The van der Waals surface area contributed by atoms with Crippen molar-refractivity contribution in [1.82, 2.24) is 9.88 Å². The number of amides is 1. The van der Waals surface area contributed by atoms with Crippen LogP contribution < -0.4 is 0 Å². The summed E-state index contributed by atoms with van der Waals surface area (Å²) in [4.78, 5) is 18.4. The fourth-order valence-electron chi connectivity index (χ4n) is 2.45. The highest BCUT2D eigenvalue weighted by Gasteiger charge is 2.29. The van der Waals surface area contributed by atoms with E-state index in [1.165, 1.54) is 6.20 Å². The van der Waals surface area contributed by atoms with Crippen LogP contribution in [0.4, 0.5) is 0 Å². The summed E-state index contributed by atoms with van der Waals surface area (Å²) in [7, 11) is 0. The maximum Gasteiger partial charge on any atom is 0.272 e. The lowest BCUT2D eigenvalue weighted by molar-refractivity contribution is 0.0724. The molecular weight excluding hydrogens is 306 g/mol. The van der Waals surface area contributed by atoms with Gasteiger partial charge in [0.25, 0.3) is 5.91 Å². The van der Waals surface area contributed by atoms with Crippen LogP contribution in [0.3, 0.4) is 0 Å². The van der Waals surface area contributed by atoms with E-state index in [9.17, 15) is 4.79 Å². The number of aromatic nitrogens is 1. The number of pyridine rings is 1. The molecule has 5 heteroatoms. The largest absolute Gasteiger partial charge is 0.334 e. The van der Waals surface area contributed by atoms with Crippen molar-refractivity contribution in [1.29, 1.82) is 5.26 Å². The van der Waals surface area contributed by atoms with Gasteiger partial charge in [-0.15, -0.1) is 0 Å². The molecule has 1 aromatic rings. The first-order valence-corrected chi connectivity index (χ1v) is 7.61. The van der Waals surface area contributed by atoms with E-state index in [4.69, 9.17) is 5.26 Å². The van der Waals surface area contributed by atoms with Crippen LogP contribution in [-0.2, 0) is 0 Å². The third kappa shape index (κ3) is 3.32. The highest BCUT2D eigenvalue weighted by Crippen LogP contribution is 2.23. The summed E-state index contributed by atoms with van der Waals surface area (Å²) in [5.41, 5.74) is 0.915. The molecule has 0 N–H and O–H groups in total. The third-order valence-corrected chi connectivity index (χ3v) is 3.98. The summed E-state index contributed by atoms with van der Waals surface area (Å²) in [6.45, 7) is 0.813. The van der Waals surface area contributed by atoms with Crippen LogP contribution in [0.1, 0.15) is 41.7 Å². The van der Waals surface area contributed by atoms with Gasteiger partial charge in [0.1, 0.15) is 11.8 Å². The number of rotatable bonds is 4. The zero-order valence-corrected chi connectivity index (χ0v) is 12.3. The first-order valence-electron chi connectivity index (χ1n) is 6.49. The van der Waals surface area contributed by atoms with Gasteiger partial charge in [0.05, 0.1) is 5.56 Å². The second-order valence-electron chi connectivity index (χ2n) is 4.67. The van der Waals surface area contributed by atoms with Gasteiger partial charge in [-0.1, -0.05) is 15.9 Å². The van der Waals surface area contributed by atoms with Gasteiger partial charge in [-0.3, -0.25) is 4.79 Å². The molecule has 0 aliphatic carbocycles. The van der Waals surface area contributed by atoms with E-state index in [0.29, 0.717) is 17.3 Å². The topological polar surface area (TPSA) is 57.0 Å². The number of nitriles is 1. The molecular formula is C14H16BrN3O. The molecule has 100 valence electrons.